The first-order valence-electron chi connectivity index (χ1n) is 12.8. The minimum absolute atomic E-state index is 0.102. The Labute approximate surface area is 189 Å². The molecule has 0 radical (unpaired) electrons. The second kappa shape index (κ2) is 9.15. The molecule has 3 aliphatic carbocycles. The minimum atomic E-state index is -0.539. The highest BCUT2D eigenvalue weighted by Crippen LogP contribution is 2.60. The van der Waals surface area contributed by atoms with Crippen molar-refractivity contribution in [2.75, 3.05) is 6.61 Å². The van der Waals surface area contributed by atoms with Gasteiger partial charge in [-0.2, -0.15) is 0 Å². The highest BCUT2D eigenvalue weighted by Gasteiger charge is 2.50. The maximum Gasteiger partial charge on any atom is 0.0852 e. The van der Waals surface area contributed by atoms with Crippen LogP contribution in [0.1, 0.15) is 91.9 Å². The van der Waals surface area contributed by atoms with Crippen LogP contribution >= 0.6 is 0 Å². The van der Waals surface area contributed by atoms with E-state index in [4.69, 9.17) is 4.74 Å². The molecule has 3 fully saturated rings. The number of aliphatic hydroxyl groups excluding tert-OH is 1. The van der Waals surface area contributed by atoms with E-state index in [1.165, 1.54) is 44.1 Å². The smallest absolute Gasteiger partial charge is 0.0852 e. The van der Waals surface area contributed by atoms with E-state index >= 15 is 0 Å². The van der Waals surface area contributed by atoms with Gasteiger partial charge in [0.1, 0.15) is 0 Å². The summed E-state index contributed by atoms with van der Waals surface area (Å²) in [7, 11) is 0. The molecule has 174 valence electrons. The largest absolute Gasteiger partial charge is 0.390 e. The van der Waals surface area contributed by atoms with E-state index in [0.29, 0.717) is 17.9 Å². The standard InChI is InChI=1S/C28H44O3/c1-19(7-5-14-27(2,3)30)23-11-12-24-21(8-6-15-28(23,24)4)10-9-20-17-25(29)22-13-16-31-26(22)18-20/h9-10,13,19,23-26,29-30H,5-8,11-12,14-18H2,1-4H3/b20-9+,21-10-/t19-,23?,24+,25-,26?,28-/m1/s1. The number of aliphatic hydroxyl groups is 2. The van der Waals surface area contributed by atoms with E-state index in [0.717, 1.165) is 43.1 Å². The Morgan fingerprint density at radius 3 is 2.84 bits per heavy atom. The molecule has 0 spiro atoms. The van der Waals surface area contributed by atoms with Crippen LogP contribution in [-0.4, -0.2) is 34.6 Å². The number of ether oxygens (including phenoxy) is 1. The molecule has 2 N–H and O–H groups in total. The summed E-state index contributed by atoms with van der Waals surface area (Å²) in [6, 6.07) is 0. The van der Waals surface area contributed by atoms with Crippen molar-refractivity contribution in [1.29, 1.82) is 0 Å². The highest BCUT2D eigenvalue weighted by atomic mass is 16.5. The maximum absolute atomic E-state index is 10.5. The Bertz CT molecular complexity index is 740. The van der Waals surface area contributed by atoms with Gasteiger partial charge in [-0.15, -0.1) is 0 Å². The van der Waals surface area contributed by atoms with E-state index in [9.17, 15) is 10.2 Å². The van der Waals surface area contributed by atoms with Crippen molar-refractivity contribution in [2.45, 2.75) is 110 Å². The average molecular weight is 429 g/mol. The fourth-order valence-corrected chi connectivity index (χ4v) is 7.34. The Hall–Kier alpha value is -0.900. The van der Waals surface area contributed by atoms with Gasteiger partial charge in [0, 0.05) is 0 Å². The molecule has 0 aromatic rings. The zero-order valence-electron chi connectivity index (χ0n) is 20.2. The molecule has 3 heteroatoms. The molecule has 4 aliphatic rings. The molecule has 2 unspecified atom stereocenters. The predicted molar refractivity (Wildman–Crippen MR) is 127 cm³/mol. The van der Waals surface area contributed by atoms with E-state index in [-0.39, 0.29) is 12.2 Å². The van der Waals surface area contributed by atoms with Gasteiger partial charge in [-0.3, -0.25) is 0 Å². The number of rotatable bonds is 6. The summed E-state index contributed by atoms with van der Waals surface area (Å²) in [5.41, 5.74) is 3.98. The molecule has 0 aromatic heterocycles. The molecule has 6 atom stereocenters. The van der Waals surface area contributed by atoms with Crippen molar-refractivity contribution in [2.24, 2.45) is 23.2 Å². The monoisotopic (exact) mass is 428 g/mol. The van der Waals surface area contributed by atoms with Crippen molar-refractivity contribution in [3.05, 3.63) is 34.9 Å². The Morgan fingerprint density at radius 1 is 1.26 bits per heavy atom. The third-order valence-corrected chi connectivity index (χ3v) is 8.98. The van der Waals surface area contributed by atoms with Crippen LogP contribution < -0.4 is 0 Å². The second-order valence-corrected chi connectivity index (χ2v) is 11.8. The Kier molecular flexibility index (Phi) is 6.87. The zero-order valence-corrected chi connectivity index (χ0v) is 20.2. The van der Waals surface area contributed by atoms with Gasteiger partial charge in [-0.05, 0) is 94.0 Å². The first-order valence-corrected chi connectivity index (χ1v) is 12.8. The zero-order chi connectivity index (χ0) is 22.2. The summed E-state index contributed by atoms with van der Waals surface area (Å²) in [6.45, 7) is 9.53. The molecule has 3 nitrogen and oxygen atoms in total. The van der Waals surface area contributed by atoms with Gasteiger partial charge < -0.3 is 14.9 Å². The van der Waals surface area contributed by atoms with E-state index < -0.39 is 5.60 Å². The molecule has 0 bridgehead atoms. The van der Waals surface area contributed by atoms with Gasteiger partial charge in [0.25, 0.3) is 0 Å². The number of fused-ring (bicyclic) bond motifs is 2. The van der Waals surface area contributed by atoms with E-state index in [1.807, 2.05) is 13.8 Å². The summed E-state index contributed by atoms with van der Waals surface area (Å²) in [6.07, 6.45) is 18.1. The number of allylic oxidation sites excluding steroid dienone is 3. The van der Waals surface area contributed by atoms with Crippen LogP contribution in [0.2, 0.25) is 0 Å². The van der Waals surface area contributed by atoms with Crippen LogP contribution in [-0.2, 0) is 4.74 Å². The van der Waals surface area contributed by atoms with Crippen LogP contribution in [0.25, 0.3) is 0 Å². The molecule has 4 rings (SSSR count). The topological polar surface area (TPSA) is 49.7 Å². The lowest BCUT2D eigenvalue weighted by Crippen LogP contribution is -2.36. The van der Waals surface area contributed by atoms with Crippen LogP contribution in [0.15, 0.2) is 34.9 Å². The Balaban J connectivity index is 1.42. The Morgan fingerprint density at radius 2 is 2.06 bits per heavy atom. The molecule has 31 heavy (non-hydrogen) atoms. The third kappa shape index (κ3) is 5.04. The van der Waals surface area contributed by atoms with Crippen molar-refractivity contribution in [3.63, 3.8) is 0 Å². The molecule has 1 aliphatic heterocycles. The molecular formula is C28H44O3. The molecule has 3 saturated carbocycles. The molecule has 0 amide bonds. The van der Waals surface area contributed by atoms with Gasteiger partial charge in [-0.25, -0.2) is 0 Å². The lowest BCUT2D eigenvalue weighted by molar-refractivity contribution is 0.0596. The van der Waals surface area contributed by atoms with Crippen LogP contribution in [0, 0.1) is 23.2 Å². The van der Waals surface area contributed by atoms with Crippen LogP contribution in [0.4, 0.5) is 0 Å². The first-order chi connectivity index (χ1) is 14.7. The molecule has 0 aromatic carbocycles. The highest BCUT2D eigenvalue weighted by molar-refractivity contribution is 5.32. The van der Waals surface area contributed by atoms with Gasteiger partial charge in [-0.1, -0.05) is 56.1 Å². The lowest BCUT2D eigenvalue weighted by atomic mass is 9.60. The molecule has 1 heterocycles. The van der Waals surface area contributed by atoms with Crippen molar-refractivity contribution in [3.8, 4) is 0 Å². The van der Waals surface area contributed by atoms with Crippen molar-refractivity contribution in [1.82, 2.24) is 0 Å². The predicted octanol–water partition coefficient (Wildman–Crippen LogP) is 6.11. The van der Waals surface area contributed by atoms with Gasteiger partial charge in [0.05, 0.1) is 24.4 Å². The van der Waals surface area contributed by atoms with Gasteiger partial charge in [0.15, 0.2) is 0 Å². The third-order valence-electron chi connectivity index (χ3n) is 8.98. The maximum atomic E-state index is 10.5. The van der Waals surface area contributed by atoms with Crippen molar-refractivity contribution < 1.29 is 14.9 Å². The first kappa shape index (κ1) is 23.3. The van der Waals surface area contributed by atoms with Gasteiger partial charge >= 0.3 is 0 Å². The van der Waals surface area contributed by atoms with Gasteiger partial charge in [0.2, 0.25) is 0 Å². The summed E-state index contributed by atoms with van der Waals surface area (Å²) in [4.78, 5) is 0. The fourth-order valence-electron chi connectivity index (χ4n) is 7.34. The van der Waals surface area contributed by atoms with Crippen LogP contribution in [0.3, 0.4) is 0 Å². The second-order valence-electron chi connectivity index (χ2n) is 11.8. The molecule has 0 saturated heterocycles. The summed E-state index contributed by atoms with van der Waals surface area (Å²) in [5.74, 6) is 2.24. The van der Waals surface area contributed by atoms with E-state index in [1.54, 1.807) is 5.57 Å². The van der Waals surface area contributed by atoms with E-state index in [2.05, 4.69) is 32.1 Å². The molecular weight excluding hydrogens is 384 g/mol. The normalized spacial score (nSPS) is 39.5. The van der Waals surface area contributed by atoms with Crippen LogP contribution in [0.5, 0.6) is 0 Å². The fraction of sp³-hybridized carbons (Fsp3) is 0.786. The summed E-state index contributed by atoms with van der Waals surface area (Å²) in [5, 5.41) is 20.5. The number of hydrogen-bond acceptors (Lipinski definition) is 3. The number of hydrogen-bond donors (Lipinski definition) is 2. The summed E-state index contributed by atoms with van der Waals surface area (Å²) >= 11 is 0. The quantitative estimate of drug-likeness (QED) is 0.502. The van der Waals surface area contributed by atoms with Crippen molar-refractivity contribution >= 4 is 0 Å². The lowest BCUT2D eigenvalue weighted by Gasteiger charge is -2.44. The minimum Gasteiger partial charge on any atom is -0.390 e. The summed E-state index contributed by atoms with van der Waals surface area (Å²) < 4.78 is 5.80. The average Bonchev–Trinajstić information content (AvgIpc) is 3.29. The SMILES string of the molecule is C[C@H](CCCC(C)(C)O)C1CC[C@H]2/C(=C\C=C3\CC4OCC=C4[C@H](O)C3)CCC[C@]12C.